The fraction of sp³-hybridized carbons (Fsp3) is 0.400. The Morgan fingerprint density at radius 1 is 1.11 bits per heavy atom. The molecule has 1 saturated heterocycles. The fourth-order valence-corrected chi connectivity index (χ4v) is 5.43. The molecule has 5 rings (SSSR count). The predicted molar refractivity (Wildman–Crippen MR) is 163 cm³/mol. The average molecular weight is 602 g/mol. The highest BCUT2D eigenvalue weighted by molar-refractivity contribution is 7.22. The second kappa shape index (κ2) is 14.7. The van der Waals surface area contributed by atoms with Gasteiger partial charge in [0.05, 0.1) is 10.6 Å². The van der Waals surface area contributed by atoms with E-state index in [2.05, 4.69) is 49.2 Å². The quantitative estimate of drug-likeness (QED) is 0.291. The van der Waals surface area contributed by atoms with Crippen molar-refractivity contribution in [2.45, 2.75) is 19.6 Å². The van der Waals surface area contributed by atoms with Crippen molar-refractivity contribution in [3.8, 4) is 10.6 Å². The number of nitrogens with zero attached hydrogens (tertiary/aromatic N) is 4. The highest BCUT2D eigenvalue weighted by atomic mass is 35.5. The van der Waals surface area contributed by atoms with E-state index in [1.165, 1.54) is 0 Å². The number of thiophene rings is 1. The second-order valence-corrected chi connectivity index (χ2v) is 10.2. The first kappa shape index (κ1) is 31.9. The van der Waals surface area contributed by atoms with Crippen molar-refractivity contribution in [3.63, 3.8) is 0 Å². The molecule has 2 aromatic heterocycles. The van der Waals surface area contributed by atoms with Crippen LogP contribution in [-0.2, 0) is 0 Å². The number of piperazine rings is 1. The summed E-state index contributed by atoms with van der Waals surface area (Å²) in [5.74, 6) is 0.531. The zero-order valence-electron chi connectivity index (χ0n) is 21.4. The van der Waals surface area contributed by atoms with Crippen molar-refractivity contribution in [1.82, 2.24) is 35.7 Å². The van der Waals surface area contributed by atoms with Gasteiger partial charge in [0.15, 0.2) is 6.29 Å². The molecule has 13 heteroatoms. The molecule has 1 aromatic carbocycles. The van der Waals surface area contributed by atoms with Gasteiger partial charge < -0.3 is 31.1 Å². The number of amides is 1. The molecule has 4 N–H and O–H groups in total. The van der Waals surface area contributed by atoms with Gasteiger partial charge in [0.1, 0.15) is 0 Å². The maximum Gasteiger partial charge on any atom is 0.254 e. The molecule has 4 heterocycles. The number of nitrogens with one attached hydrogen (secondary N) is 4. The number of benzene rings is 1. The van der Waals surface area contributed by atoms with Gasteiger partial charge in [-0.15, -0.1) is 48.6 Å². The lowest BCUT2D eigenvalue weighted by molar-refractivity contribution is 0.0930. The van der Waals surface area contributed by atoms with Crippen molar-refractivity contribution in [2.75, 3.05) is 51.6 Å². The zero-order valence-corrected chi connectivity index (χ0v) is 24.7. The zero-order chi connectivity index (χ0) is 24.2. The molecule has 0 unspecified atom stereocenters. The number of hydrogen-bond donors (Lipinski definition) is 4. The molecule has 0 radical (unpaired) electrons. The minimum atomic E-state index is -0.284. The predicted octanol–water partition coefficient (Wildman–Crippen LogP) is 3.66. The minimum absolute atomic E-state index is 0. The summed E-state index contributed by atoms with van der Waals surface area (Å²) in [5, 5.41) is 13.4. The molecule has 0 aliphatic carbocycles. The van der Waals surface area contributed by atoms with Crippen LogP contribution >= 0.6 is 48.6 Å². The number of fused-ring (bicyclic) bond motifs is 1. The Balaban J connectivity index is 0.00000169. The Bertz CT molecular complexity index is 1220. The van der Waals surface area contributed by atoms with E-state index in [4.69, 9.17) is 4.98 Å². The van der Waals surface area contributed by atoms with E-state index in [9.17, 15) is 4.79 Å². The Morgan fingerprint density at radius 3 is 2.58 bits per heavy atom. The summed E-state index contributed by atoms with van der Waals surface area (Å²) in [6.45, 7) is 8.54. The van der Waals surface area contributed by atoms with Crippen molar-refractivity contribution in [3.05, 3.63) is 54.0 Å². The lowest BCUT2D eigenvalue weighted by Crippen LogP contribution is -2.47. The summed E-state index contributed by atoms with van der Waals surface area (Å²) < 4.78 is 1.05. The summed E-state index contributed by atoms with van der Waals surface area (Å²) in [4.78, 5) is 27.9. The van der Waals surface area contributed by atoms with Crippen LogP contribution in [0.25, 0.3) is 20.7 Å². The van der Waals surface area contributed by atoms with Gasteiger partial charge in [0, 0.05) is 61.6 Å². The Kier molecular flexibility index (Phi) is 12.3. The van der Waals surface area contributed by atoms with Crippen LogP contribution in [0.15, 0.2) is 42.9 Å². The van der Waals surface area contributed by atoms with Crippen molar-refractivity contribution >= 4 is 70.5 Å². The maximum atomic E-state index is 12.6. The van der Waals surface area contributed by atoms with Crippen LogP contribution in [-0.4, -0.2) is 78.3 Å². The molecule has 2 aliphatic heterocycles. The van der Waals surface area contributed by atoms with E-state index in [1.54, 1.807) is 23.7 Å². The molecule has 0 atom stereocenters. The third-order valence-corrected chi connectivity index (χ3v) is 7.51. The van der Waals surface area contributed by atoms with E-state index in [-0.39, 0.29) is 49.4 Å². The smallest absolute Gasteiger partial charge is 0.254 e. The second-order valence-electron chi connectivity index (χ2n) is 9.09. The van der Waals surface area contributed by atoms with Crippen molar-refractivity contribution < 1.29 is 4.79 Å². The van der Waals surface area contributed by atoms with E-state index in [1.807, 2.05) is 31.3 Å². The van der Waals surface area contributed by atoms with Gasteiger partial charge >= 0.3 is 0 Å². The number of likely N-dealkylation sites (N-methyl/N-ethyl adjacent to an activating group) is 1. The molecule has 1 amide bonds. The first-order chi connectivity index (χ1) is 17.0. The SMILES string of the molecule is Cc1cnc(NCCCN2CCN(C)CC2)nc1-c1cc2ccc(C(=O)NC3NC=CN3)cc2s1.Cl.Cl.Cl. The number of anilines is 1. The Hall–Kier alpha value is -2.34. The van der Waals surface area contributed by atoms with E-state index in [0.717, 1.165) is 71.9 Å². The molecule has 208 valence electrons. The molecule has 0 saturated carbocycles. The summed E-state index contributed by atoms with van der Waals surface area (Å²) in [5.41, 5.74) is 2.59. The summed E-state index contributed by atoms with van der Waals surface area (Å²) in [6, 6.07) is 7.93. The van der Waals surface area contributed by atoms with Crippen LogP contribution < -0.4 is 21.3 Å². The number of carbonyl (C=O) groups excluding carboxylic acids is 1. The molecular formula is C25H35Cl3N8OS. The number of halogens is 3. The van der Waals surface area contributed by atoms with Crippen LogP contribution in [0.1, 0.15) is 22.3 Å². The van der Waals surface area contributed by atoms with Gasteiger partial charge in [0.2, 0.25) is 5.95 Å². The van der Waals surface area contributed by atoms with E-state index >= 15 is 0 Å². The molecule has 2 aliphatic rings. The molecular weight excluding hydrogens is 567 g/mol. The maximum absolute atomic E-state index is 12.6. The molecule has 0 bridgehead atoms. The summed E-state index contributed by atoms with van der Waals surface area (Å²) in [7, 11) is 2.18. The Labute approximate surface area is 246 Å². The summed E-state index contributed by atoms with van der Waals surface area (Å²) in [6.07, 6.45) is 6.19. The summed E-state index contributed by atoms with van der Waals surface area (Å²) >= 11 is 1.64. The monoisotopic (exact) mass is 600 g/mol. The largest absolute Gasteiger partial charge is 0.354 e. The van der Waals surface area contributed by atoms with Gasteiger partial charge in [-0.25, -0.2) is 9.97 Å². The van der Waals surface area contributed by atoms with Crippen LogP contribution in [0.4, 0.5) is 5.95 Å². The van der Waals surface area contributed by atoms with Gasteiger partial charge in [-0.3, -0.25) is 4.79 Å². The topological polar surface area (TPSA) is 97.5 Å². The van der Waals surface area contributed by atoms with Crippen molar-refractivity contribution in [2.24, 2.45) is 0 Å². The highest BCUT2D eigenvalue weighted by Crippen LogP contribution is 2.34. The van der Waals surface area contributed by atoms with Gasteiger partial charge in [-0.1, -0.05) is 6.07 Å². The van der Waals surface area contributed by atoms with Gasteiger partial charge in [0.25, 0.3) is 5.91 Å². The van der Waals surface area contributed by atoms with Crippen LogP contribution in [0, 0.1) is 6.92 Å². The van der Waals surface area contributed by atoms with Gasteiger partial charge in [-0.2, -0.15) is 0 Å². The third-order valence-electron chi connectivity index (χ3n) is 6.40. The number of carbonyl (C=O) groups is 1. The highest BCUT2D eigenvalue weighted by Gasteiger charge is 2.16. The average Bonchev–Trinajstić information content (AvgIpc) is 3.53. The third kappa shape index (κ3) is 7.84. The first-order valence-corrected chi connectivity index (χ1v) is 12.9. The van der Waals surface area contributed by atoms with Crippen LogP contribution in [0.3, 0.4) is 0 Å². The number of rotatable bonds is 8. The van der Waals surface area contributed by atoms with Gasteiger partial charge in [-0.05, 0) is 56.1 Å². The van der Waals surface area contributed by atoms with E-state index < -0.39 is 0 Å². The molecule has 0 spiro atoms. The lowest BCUT2D eigenvalue weighted by Gasteiger charge is -2.32. The van der Waals surface area contributed by atoms with Crippen molar-refractivity contribution in [1.29, 1.82) is 0 Å². The minimum Gasteiger partial charge on any atom is -0.354 e. The first-order valence-electron chi connectivity index (χ1n) is 12.1. The normalized spacial score (nSPS) is 15.5. The van der Waals surface area contributed by atoms with Crippen LogP contribution in [0.2, 0.25) is 0 Å². The molecule has 38 heavy (non-hydrogen) atoms. The molecule has 9 nitrogen and oxygen atoms in total. The standard InChI is InChI=1S/C25H32N8OS.3ClH/c1-17-16-29-25(26-6-3-9-33-12-10-32(2)11-13-33)30-22(17)21-14-18-4-5-19(15-20(18)35-21)23(34)31-24-27-7-8-28-24;;;/h4-5,7-8,14-16,24,27-28H,3,6,9-13H2,1-2H3,(H,31,34)(H,26,29,30);3*1H. The molecule has 3 aromatic rings. The lowest BCUT2D eigenvalue weighted by atomic mass is 10.1. The number of hydrogen-bond acceptors (Lipinski definition) is 9. The fourth-order valence-electron chi connectivity index (χ4n) is 4.27. The van der Waals surface area contributed by atoms with Crippen LogP contribution in [0.5, 0.6) is 0 Å². The number of aromatic nitrogens is 2. The molecule has 1 fully saturated rings. The Morgan fingerprint density at radius 2 is 1.84 bits per heavy atom. The number of aryl methyl sites for hydroxylation is 1. The van der Waals surface area contributed by atoms with E-state index in [0.29, 0.717) is 11.5 Å².